The van der Waals surface area contributed by atoms with Crippen molar-refractivity contribution in [2.24, 2.45) is 4.40 Å². The molecule has 4 aliphatic rings. The lowest BCUT2D eigenvalue weighted by Crippen LogP contribution is -2.62. The Morgan fingerprint density at radius 2 is 1.90 bits per heavy atom. The van der Waals surface area contributed by atoms with Gasteiger partial charge in [-0.25, -0.2) is 13.4 Å². The van der Waals surface area contributed by atoms with Crippen molar-refractivity contribution in [3.63, 3.8) is 0 Å². The minimum atomic E-state index is -3.40. The van der Waals surface area contributed by atoms with Crippen molar-refractivity contribution in [1.82, 2.24) is 9.88 Å². The Hall–Kier alpha value is -1.83. The van der Waals surface area contributed by atoms with E-state index in [1.54, 1.807) is 30.5 Å². The van der Waals surface area contributed by atoms with Gasteiger partial charge in [0.1, 0.15) is 11.6 Å². The first-order valence-corrected chi connectivity index (χ1v) is 11.9. The molecule has 152 valence electrons. The maximum Gasteiger partial charge on any atom is 0.256 e. The highest BCUT2D eigenvalue weighted by atomic mass is 35.5. The lowest BCUT2D eigenvalue weighted by atomic mass is 9.63. The summed E-state index contributed by atoms with van der Waals surface area (Å²) in [5.41, 5.74) is 0.593. The number of rotatable bonds is 3. The second-order valence-electron chi connectivity index (χ2n) is 7.77. The molecule has 1 aromatic carbocycles. The fraction of sp³-hybridized carbons (Fsp3) is 0.400. The Morgan fingerprint density at radius 1 is 1.10 bits per heavy atom. The molecule has 2 saturated heterocycles. The smallest absolute Gasteiger partial charge is 0.256 e. The topological polar surface area (TPSA) is 71.9 Å². The molecule has 9 heteroatoms. The summed E-state index contributed by atoms with van der Waals surface area (Å²) < 4.78 is 34.4. The van der Waals surface area contributed by atoms with Crippen LogP contribution >= 0.6 is 23.2 Å². The van der Waals surface area contributed by atoms with Crippen molar-refractivity contribution in [1.29, 1.82) is 0 Å². The van der Waals surface area contributed by atoms with Gasteiger partial charge in [-0.1, -0.05) is 29.3 Å². The predicted molar refractivity (Wildman–Crippen MR) is 113 cm³/mol. The van der Waals surface area contributed by atoms with Gasteiger partial charge in [0, 0.05) is 30.9 Å². The number of hydrogen-bond acceptors (Lipinski definition) is 5. The van der Waals surface area contributed by atoms with Gasteiger partial charge in [-0.15, -0.1) is 4.40 Å². The maximum absolute atomic E-state index is 12.2. The summed E-state index contributed by atoms with van der Waals surface area (Å²) in [7, 11) is -3.40. The molecule has 29 heavy (non-hydrogen) atoms. The third-order valence-electron chi connectivity index (χ3n) is 6.17. The van der Waals surface area contributed by atoms with Gasteiger partial charge in [0.05, 0.1) is 21.2 Å². The van der Waals surface area contributed by atoms with Crippen LogP contribution in [0.4, 0.5) is 0 Å². The van der Waals surface area contributed by atoms with Crippen molar-refractivity contribution in [3.8, 4) is 11.6 Å². The SMILES string of the molecule is O=S1(=O)CCN2C(=N1)C1(c3ccc(Oc4ccc(Cl)c(Cl)c4)nc3)CCC2CC1. The highest BCUT2D eigenvalue weighted by Crippen LogP contribution is 2.49. The average Bonchev–Trinajstić information content (AvgIpc) is 2.71. The molecule has 1 aliphatic carbocycles. The van der Waals surface area contributed by atoms with Gasteiger partial charge in [-0.2, -0.15) is 0 Å². The normalized spacial score (nSPS) is 27.3. The number of hydrogen-bond donors (Lipinski definition) is 0. The molecule has 0 atom stereocenters. The summed E-state index contributed by atoms with van der Waals surface area (Å²) in [5, 5.41) is 0.873. The fourth-order valence-corrected chi connectivity index (χ4v) is 6.05. The summed E-state index contributed by atoms with van der Waals surface area (Å²) in [6, 6.07) is 9.20. The minimum absolute atomic E-state index is 0.0950. The molecular weight excluding hydrogens is 433 g/mol. The van der Waals surface area contributed by atoms with Crippen LogP contribution in [0.25, 0.3) is 0 Å². The molecule has 0 unspecified atom stereocenters. The van der Waals surface area contributed by atoms with Crippen molar-refractivity contribution in [3.05, 3.63) is 52.1 Å². The molecule has 4 heterocycles. The van der Waals surface area contributed by atoms with E-state index in [1.165, 1.54) is 0 Å². The lowest BCUT2D eigenvalue weighted by molar-refractivity contribution is 0.151. The largest absolute Gasteiger partial charge is 0.439 e. The lowest BCUT2D eigenvalue weighted by Gasteiger charge is -2.55. The van der Waals surface area contributed by atoms with Gasteiger partial charge in [-0.3, -0.25) is 0 Å². The van der Waals surface area contributed by atoms with E-state index >= 15 is 0 Å². The summed E-state index contributed by atoms with van der Waals surface area (Å²) in [4.78, 5) is 6.67. The van der Waals surface area contributed by atoms with Gasteiger partial charge >= 0.3 is 0 Å². The second kappa shape index (κ2) is 6.86. The molecule has 0 radical (unpaired) electrons. The van der Waals surface area contributed by atoms with E-state index in [0.717, 1.165) is 31.2 Å². The quantitative estimate of drug-likeness (QED) is 0.690. The number of fused-ring (bicyclic) bond motifs is 2. The third-order valence-corrected chi connectivity index (χ3v) is 8.06. The number of halogens is 2. The van der Waals surface area contributed by atoms with E-state index in [-0.39, 0.29) is 5.75 Å². The Labute approximate surface area is 179 Å². The van der Waals surface area contributed by atoms with Crippen LogP contribution in [0.15, 0.2) is 40.9 Å². The number of piperidine rings is 2. The molecule has 6 rings (SSSR count). The first-order chi connectivity index (χ1) is 13.9. The molecule has 1 saturated carbocycles. The van der Waals surface area contributed by atoms with Crippen LogP contribution in [-0.4, -0.2) is 42.5 Å². The highest BCUT2D eigenvalue weighted by Gasteiger charge is 2.52. The van der Waals surface area contributed by atoms with E-state index in [4.69, 9.17) is 27.9 Å². The van der Waals surface area contributed by atoms with Crippen molar-refractivity contribution in [2.45, 2.75) is 37.1 Å². The maximum atomic E-state index is 12.2. The number of ether oxygens (including phenoxy) is 1. The molecule has 6 nitrogen and oxygen atoms in total. The van der Waals surface area contributed by atoms with E-state index in [2.05, 4.69) is 14.3 Å². The van der Waals surface area contributed by atoms with Crippen LogP contribution in [0.2, 0.25) is 10.0 Å². The molecule has 0 amide bonds. The molecule has 0 N–H and O–H groups in total. The zero-order valence-corrected chi connectivity index (χ0v) is 17.8. The number of amidine groups is 1. The van der Waals surface area contributed by atoms with Gasteiger partial charge in [0.25, 0.3) is 10.0 Å². The summed E-state index contributed by atoms with van der Waals surface area (Å²) >= 11 is 12.0. The van der Waals surface area contributed by atoms with E-state index in [1.807, 2.05) is 6.07 Å². The van der Waals surface area contributed by atoms with Gasteiger partial charge < -0.3 is 9.64 Å². The number of nitrogens with zero attached hydrogens (tertiary/aromatic N) is 3. The third kappa shape index (κ3) is 3.29. The van der Waals surface area contributed by atoms with Crippen LogP contribution < -0.4 is 4.74 Å². The number of sulfonamides is 1. The van der Waals surface area contributed by atoms with E-state index < -0.39 is 15.4 Å². The van der Waals surface area contributed by atoms with E-state index in [0.29, 0.717) is 40.1 Å². The summed E-state index contributed by atoms with van der Waals surface area (Å²) in [5.74, 6) is 1.77. The predicted octanol–water partition coefficient (Wildman–Crippen LogP) is 4.42. The molecule has 1 aromatic heterocycles. The number of pyridine rings is 1. The van der Waals surface area contributed by atoms with Crippen LogP contribution in [0, 0.1) is 0 Å². The minimum Gasteiger partial charge on any atom is -0.439 e. The van der Waals surface area contributed by atoms with Gasteiger partial charge in [0.2, 0.25) is 5.88 Å². The average molecular weight is 452 g/mol. The van der Waals surface area contributed by atoms with Crippen LogP contribution in [-0.2, 0) is 15.4 Å². The van der Waals surface area contributed by atoms with Gasteiger partial charge in [-0.05, 0) is 43.4 Å². The zero-order valence-electron chi connectivity index (χ0n) is 15.5. The zero-order chi connectivity index (χ0) is 20.2. The van der Waals surface area contributed by atoms with Crippen molar-refractivity contribution >= 4 is 39.1 Å². The molecule has 3 aliphatic heterocycles. The first-order valence-electron chi connectivity index (χ1n) is 9.56. The van der Waals surface area contributed by atoms with E-state index in [9.17, 15) is 8.42 Å². The monoisotopic (exact) mass is 451 g/mol. The number of aromatic nitrogens is 1. The fourth-order valence-electron chi connectivity index (χ4n) is 4.70. The standard InChI is InChI=1S/C20H19Cl2N3O3S/c21-16-3-2-15(11-17(16)22)28-18-4-1-13(12-23-18)20-7-5-14(6-8-20)25-9-10-29(26,27)24-19(20)25/h1-4,11-12,14H,5-10H2. The van der Waals surface area contributed by atoms with Crippen LogP contribution in [0.1, 0.15) is 31.2 Å². The summed E-state index contributed by atoms with van der Waals surface area (Å²) in [6.07, 6.45) is 5.63. The molecular formula is C20H19Cl2N3O3S. The molecule has 3 fully saturated rings. The number of benzene rings is 1. The summed E-state index contributed by atoms with van der Waals surface area (Å²) in [6.45, 7) is 0.527. The Kier molecular flexibility index (Phi) is 4.53. The Morgan fingerprint density at radius 3 is 2.59 bits per heavy atom. The van der Waals surface area contributed by atoms with Crippen molar-refractivity contribution in [2.75, 3.05) is 12.3 Å². The Bertz CT molecular complexity index is 1090. The second-order valence-corrected chi connectivity index (χ2v) is 10.3. The molecule has 0 spiro atoms. The van der Waals surface area contributed by atoms with Crippen molar-refractivity contribution < 1.29 is 13.2 Å². The van der Waals surface area contributed by atoms with Crippen LogP contribution in [0.3, 0.4) is 0 Å². The Balaban J connectivity index is 1.47. The highest BCUT2D eigenvalue weighted by molar-refractivity contribution is 7.90. The molecule has 2 bridgehead atoms. The van der Waals surface area contributed by atoms with Gasteiger partial charge in [0.15, 0.2) is 0 Å². The first kappa shape index (κ1) is 19.2. The molecule has 2 aromatic rings. The van der Waals surface area contributed by atoms with Crippen LogP contribution in [0.5, 0.6) is 11.6 Å².